The Balaban J connectivity index is 2.86. The van der Waals surface area contributed by atoms with Crippen molar-refractivity contribution in [3.8, 4) is 5.75 Å². The summed E-state index contributed by atoms with van der Waals surface area (Å²) < 4.78 is 1.65. The molecule has 0 fully saturated rings. The fraction of sp³-hybridized carbons (Fsp3) is 0.273. The number of carbonyl (C=O) groups excluding carboxylic acids is 1. The number of nitrogens with one attached hydrogen (secondary N) is 1. The first-order valence-electron chi connectivity index (χ1n) is 4.93. The smallest absolute Gasteiger partial charge is 0.253 e. The fourth-order valence-corrected chi connectivity index (χ4v) is 1.88. The van der Waals surface area contributed by atoms with Crippen LogP contribution in [-0.2, 0) is 7.05 Å². The van der Waals surface area contributed by atoms with Crippen molar-refractivity contribution in [2.75, 3.05) is 7.05 Å². The van der Waals surface area contributed by atoms with Gasteiger partial charge < -0.3 is 10.4 Å². The second kappa shape index (κ2) is 3.52. The van der Waals surface area contributed by atoms with Crippen LogP contribution in [0.1, 0.15) is 16.1 Å². The van der Waals surface area contributed by atoms with Gasteiger partial charge in [-0.05, 0) is 19.1 Å². The molecule has 0 saturated carbocycles. The average molecular weight is 219 g/mol. The number of aromatic hydroxyl groups is 1. The lowest BCUT2D eigenvalue weighted by Crippen LogP contribution is -2.18. The average Bonchev–Trinajstić information content (AvgIpc) is 2.52. The van der Waals surface area contributed by atoms with Gasteiger partial charge in [0.2, 0.25) is 0 Å². The zero-order valence-electron chi connectivity index (χ0n) is 9.40. The molecule has 2 rings (SSSR count). The van der Waals surface area contributed by atoms with Crippen molar-refractivity contribution in [2.45, 2.75) is 6.92 Å². The van der Waals surface area contributed by atoms with Crippen molar-refractivity contribution < 1.29 is 9.90 Å². The number of nitrogens with zero attached hydrogens (tertiary/aromatic N) is 2. The largest absolute Gasteiger partial charge is 0.508 e. The molecular weight excluding hydrogens is 206 g/mol. The number of hydrogen-bond donors (Lipinski definition) is 2. The van der Waals surface area contributed by atoms with Crippen LogP contribution in [0.2, 0.25) is 0 Å². The third-order valence-corrected chi connectivity index (χ3v) is 2.58. The van der Waals surface area contributed by atoms with Crippen LogP contribution in [0.4, 0.5) is 0 Å². The summed E-state index contributed by atoms with van der Waals surface area (Å²) in [6.07, 6.45) is 0. The van der Waals surface area contributed by atoms with E-state index in [0.29, 0.717) is 5.56 Å². The lowest BCUT2D eigenvalue weighted by Gasteiger charge is -2.04. The molecule has 5 nitrogen and oxygen atoms in total. The van der Waals surface area contributed by atoms with E-state index in [2.05, 4.69) is 10.4 Å². The Kier molecular flexibility index (Phi) is 2.30. The summed E-state index contributed by atoms with van der Waals surface area (Å²) in [4.78, 5) is 11.7. The van der Waals surface area contributed by atoms with E-state index in [1.807, 2.05) is 6.92 Å². The molecule has 0 aliphatic carbocycles. The highest BCUT2D eigenvalue weighted by Gasteiger charge is 2.15. The van der Waals surface area contributed by atoms with Crippen LogP contribution in [0.3, 0.4) is 0 Å². The SMILES string of the molecule is CNC(=O)c1cc(O)cc2c(C)nn(C)c12. The van der Waals surface area contributed by atoms with Gasteiger partial charge in [-0.25, -0.2) is 0 Å². The number of rotatable bonds is 1. The highest BCUT2D eigenvalue weighted by atomic mass is 16.3. The first-order chi connectivity index (χ1) is 7.54. The standard InChI is InChI=1S/C11H13N3O2/c1-6-8-4-7(15)5-9(11(16)12-2)10(8)14(3)13-6/h4-5,15H,1-3H3,(H,12,16). The highest BCUT2D eigenvalue weighted by molar-refractivity contribution is 6.06. The van der Waals surface area contributed by atoms with Crippen molar-refractivity contribution in [3.05, 3.63) is 23.4 Å². The van der Waals surface area contributed by atoms with E-state index in [0.717, 1.165) is 16.6 Å². The maximum atomic E-state index is 11.7. The van der Waals surface area contributed by atoms with Gasteiger partial charge in [-0.2, -0.15) is 5.10 Å². The van der Waals surface area contributed by atoms with Gasteiger partial charge in [0.1, 0.15) is 5.75 Å². The van der Waals surface area contributed by atoms with Crippen LogP contribution < -0.4 is 5.32 Å². The number of hydrogen-bond acceptors (Lipinski definition) is 3. The second-order valence-corrected chi connectivity index (χ2v) is 3.68. The predicted molar refractivity (Wildman–Crippen MR) is 60.5 cm³/mol. The molecule has 1 aromatic heterocycles. The number of fused-ring (bicyclic) bond motifs is 1. The van der Waals surface area contributed by atoms with E-state index in [4.69, 9.17) is 0 Å². The monoisotopic (exact) mass is 219 g/mol. The molecule has 1 amide bonds. The van der Waals surface area contributed by atoms with Gasteiger partial charge in [0, 0.05) is 19.5 Å². The minimum Gasteiger partial charge on any atom is -0.508 e. The Labute approximate surface area is 92.7 Å². The Morgan fingerprint density at radius 2 is 2.19 bits per heavy atom. The zero-order valence-corrected chi connectivity index (χ0v) is 9.40. The third kappa shape index (κ3) is 1.41. The van der Waals surface area contributed by atoms with Crippen molar-refractivity contribution in [3.63, 3.8) is 0 Å². The zero-order chi connectivity index (χ0) is 11.9. The maximum absolute atomic E-state index is 11.7. The first kappa shape index (κ1) is 10.5. The molecule has 0 bridgehead atoms. The quantitative estimate of drug-likeness (QED) is 0.750. The van der Waals surface area contributed by atoms with E-state index in [1.54, 1.807) is 24.8 Å². The minimum atomic E-state index is -0.232. The van der Waals surface area contributed by atoms with Crippen LogP contribution in [0.15, 0.2) is 12.1 Å². The molecule has 16 heavy (non-hydrogen) atoms. The summed E-state index contributed by atoms with van der Waals surface area (Å²) >= 11 is 0. The molecule has 0 spiro atoms. The number of aromatic nitrogens is 2. The predicted octanol–water partition coefficient (Wildman–Crippen LogP) is 0.947. The van der Waals surface area contributed by atoms with Gasteiger partial charge >= 0.3 is 0 Å². The lowest BCUT2D eigenvalue weighted by atomic mass is 10.1. The van der Waals surface area contributed by atoms with Crippen molar-refractivity contribution in [1.82, 2.24) is 15.1 Å². The molecule has 0 saturated heterocycles. The second-order valence-electron chi connectivity index (χ2n) is 3.68. The summed E-state index contributed by atoms with van der Waals surface area (Å²) in [6, 6.07) is 3.06. The summed E-state index contributed by atoms with van der Waals surface area (Å²) in [5.41, 5.74) is 1.95. The summed E-state index contributed by atoms with van der Waals surface area (Å²) in [5, 5.41) is 17.1. The van der Waals surface area contributed by atoms with Gasteiger partial charge in [0.15, 0.2) is 0 Å². The number of carbonyl (C=O) groups is 1. The van der Waals surface area contributed by atoms with Gasteiger partial charge in [0.05, 0.1) is 16.8 Å². The Bertz CT molecular complexity index is 572. The van der Waals surface area contributed by atoms with E-state index in [1.165, 1.54) is 6.07 Å². The van der Waals surface area contributed by atoms with Crippen molar-refractivity contribution >= 4 is 16.8 Å². The lowest BCUT2D eigenvalue weighted by molar-refractivity contribution is 0.0964. The van der Waals surface area contributed by atoms with Gasteiger partial charge in [-0.3, -0.25) is 9.48 Å². The Morgan fingerprint density at radius 1 is 1.50 bits per heavy atom. The fourth-order valence-electron chi connectivity index (χ4n) is 1.88. The van der Waals surface area contributed by atoms with E-state index in [-0.39, 0.29) is 11.7 Å². The van der Waals surface area contributed by atoms with Gasteiger partial charge in [-0.1, -0.05) is 0 Å². The molecule has 0 radical (unpaired) electrons. The molecule has 84 valence electrons. The number of amides is 1. The van der Waals surface area contributed by atoms with E-state index in [9.17, 15) is 9.90 Å². The number of aryl methyl sites for hydroxylation is 2. The molecule has 0 atom stereocenters. The highest BCUT2D eigenvalue weighted by Crippen LogP contribution is 2.26. The molecule has 2 N–H and O–H groups in total. The van der Waals surface area contributed by atoms with Crippen LogP contribution in [0.25, 0.3) is 10.9 Å². The maximum Gasteiger partial charge on any atom is 0.253 e. The minimum absolute atomic E-state index is 0.0715. The summed E-state index contributed by atoms with van der Waals surface area (Å²) in [6.45, 7) is 1.84. The normalized spacial score (nSPS) is 10.7. The summed E-state index contributed by atoms with van der Waals surface area (Å²) in [7, 11) is 3.33. The van der Waals surface area contributed by atoms with Gasteiger partial charge in [0.25, 0.3) is 5.91 Å². The Morgan fingerprint density at radius 3 is 2.81 bits per heavy atom. The first-order valence-corrected chi connectivity index (χ1v) is 4.93. The van der Waals surface area contributed by atoms with E-state index < -0.39 is 0 Å². The van der Waals surface area contributed by atoms with Crippen LogP contribution in [0, 0.1) is 6.92 Å². The third-order valence-electron chi connectivity index (χ3n) is 2.58. The molecule has 0 unspecified atom stereocenters. The molecule has 2 aromatic rings. The van der Waals surface area contributed by atoms with Crippen LogP contribution in [-0.4, -0.2) is 27.8 Å². The number of benzene rings is 1. The Hall–Kier alpha value is -2.04. The number of phenols is 1. The molecular formula is C11H13N3O2. The topological polar surface area (TPSA) is 67.2 Å². The summed E-state index contributed by atoms with van der Waals surface area (Å²) in [5.74, 6) is -0.161. The number of phenolic OH excluding ortho intramolecular Hbond substituents is 1. The van der Waals surface area contributed by atoms with E-state index >= 15 is 0 Å². The molecule has 0 aliphatic rings. The van der Waals surface area contributed by atoms with Crippen LogP contribution in [0.5, 0.6) is 5.75 Å². The van der Waals surface area contributed by atoms with Crippen molar-refractivity contribution in [1.29, 1.82) is 0 Å². The molecule has 1 aromatic carbocycles. The molecule has 5 heteroatoms. The van der Waals surface area contributed by atoms with Crippen LogP contribution >= 0.6 is 0 Å². The van der Waals surface area contributed by atoms with Gasteiger partial charge in [-0.15, -0.1) is 0 Å². The van der Waals surface area contributed by atoms with Crippen molar-refractivity contribution in [2.24, 2.45) is 7.05 Å². The molecule has 1 heterocycles. The molecule has 0 aliphatic heterocycles.